The molecule has 0 saturated heterocycles. The lowest BCUT2D eigenvalue weighted by Crippen LogP contribution is -2.12. The molecular formula is C17H20N4OS. The number of fused-ring (bicyclic) bond motifs is 1. The topological polar surface area (TPSA) is 59.3 Å². The SMILES string of the molecule is CCCCC(=O)Nc1nc2scc(-c3ccc(C)cc3C)n2n1. The van der Waals surface area contributed by atoms with Crippen LogP contribution >= 0.6 is 11.3 Å². The van der Waals surface area contributed by atoms with Gasteiger partial charge >= 0.3 is 0 Å². The standard InChI is InChI=1S/C17H20N4OS/c1-4-5-6-15(22)18-16-19-17-21(20-16)14(10-23-17)13-8-7-11(2)9-12(13)3/h7-10H,4-6H2,1-3H3,(H,18,20,22). The minimum absolute atomic E-state index is 0.0295. The van der Waals surface area contributed by atoms with Gasteiger partial charge in [0.2, 0.25) is 16.8 Å². The van der Waals surface area contributed by atoms with E-state index in [-0.39, 0.29) is 5.91 Å². The van der Waals surface area contributed by atoms with Crippen LogP contribution < -0.4 is 5.32 Å². The van der Waals surface area contributed by atoms with Crippen molar-refractivity contribution in [3.8, 4) is 11.3 Å². The molecule has 120 valence electrons. The molecule has 1 aromatic carbocycles. The summed E-state index contributed by atoms with van der Waals surface area (Å²) in [5.41, 5.74) is 4.58. The quantitative estimate of drug-likeness (QED) is 0.763. The van der Waals surface area contributed by atoms with E-state index in [1.165, 1.54) is 22.5 Å². The zero-order valence-corrected chi connectivity index (χ0v) is 14.4. The van der Waals surface area contributed by atoms with Gasteiger partial charge in [0.1, 0.15) is 0 Å². The van der Waals surface area contributed by atoms with E-state index < -0.39 is 0 Å². The van der Waals surface area contributed by atoms with Crippen molar-refractivity contribution in [2.75, 3.05) is 5.32 Å². The van der Waals surface area contributed by atoms with E-state index in [0.29, 0.717) is 12.4 Å². The number of carbonyl (C=O) groups is 1. The third kappa shape index (κ3) is 3.27. The van der Waals surface area contributed by atoms with E-state index in [2.05, 4.69) is 59.7 Å². The Labute approximate surface area is 139 Å². The number of amides is 1. The highest BCUT2D eigenvalue weighted by molar-refractivity contribution is 7.15. The van der Waals surface area contributed by atoms with Crippen LogP contribution in [0.5, 0.6) is 0 Å². The number of nitrogens with one attached hydrogen (secondary N) is 1. The average Bonchev–Trinajstić information content (AvgIpc) is 3.05. The number of hydrogen-bond acceptors (Lipinski definition) is 4. The molecule has 5 nitrogen and oxygen atoms in total. The number of carbonyl (C=O) groups excluding carboxylic acids is 1. The summed E-state index contributed by atoms with van der Waals surface area (Å²) in [4.78, 5) is 17.0. The molecule has 0 fully saturated rings. The fourth-order valence-corrected chi connectivity index (χ4v) is 3.37. The largest absolute Gasteiger partial charge is 0.293 e. The summed E-state index contributed by atoms with van der Waals surface area (Å²) in [7, 11) is 0. The number of aromatic nitrogens is 3. The Balaban J connectivity index is 1.90. The highest BCUT2D eigenvalue weighted by atomic mass is 32.1. The van der Waals surface area contributed by atoms with Crippen molar-refractivity contribution >= 4 is 28.2 Å². The van der Waals surface area contributed by atoms with Gasteiger partial charge in [0, 0.05) is 17.4 Å². The van der Waals surface area contributed by atoms with Crippen LogP contribution in [0.4, 0.5) is 5.95 Å². The van der Waals surface area contributed by atoms with Gasteiger partial charge in [-0.2, -0.15) is 4.98 Å². The van der Waals surface area contributed by atoms with Crippen LogP contribution in [0.1, 0.15) is 37.3 Å². The fraction of sp³-hybridized carbons (Fsp3) is 0.353. The first-order valence-corrected chi connectivity index (χ1v) is 8.68. The van der Waals surface area contributed by atoms with Gasteiger partial charge < -0.3 is 0 Å². The maximum absolute atomic E-state index is 11.8. The molecule has 1 N–H and O–H groups in total. The molecule has 23 heavy (non-hydrogen) atoms. The number of unbranched alkanes of at least 4 members (excludes halogenated alkanes) is 1. The number of benzene rings is 1. The maximum Gasteiger partial charge on any atom is 0.250 e. The number of aryl methyl sites for hydroxylation is 2. The smallest absolute Gasteiger partial charge is 0.250 e. The molecule has 0 atom stereocenters. The number of rotatable bonds is 5. The minimum Gasteiger partial charge on any atom is -0.293 e. The van der Waals surface area contributed by atoms with Crippen LogP contribution in [0.2, 0.25) is 0 Å². The summed E-state index contributed by atoms with van der Waals surface area (Å²) < 4.78 is 1.80. The second-order valence-corrected chi connectivity index (χ2v) is 6.56. The molecule has 6 heteroatoms. The molecule has 0 bridgehead atoms. The molecule has 0 aliphatic carbocycles. The lowest BCUT2D eigenvalue weighted by molar-refractivity contribution is -0.116. The Hall–Kier alpha value is -2.21. The Morgan fingerprint density at radius 2 is 2.17 bits per heavy atom. The summed E-state index contributed by atoms with van der Waals surface area (Å²) in [6.45, 7) is 6.24. The molecule has 0 unspecified atom stereocenters. The van der Waals surface area contributed by atoms with Crippen molar-refractivity contribution < 1.29 is 4.79 Å². The first-order valence-electron chi connectivity index (χ1n) is 7.80. The number of thiazole rings is 1. The van der Waals surface area contributed by atoms with Crippen LogP contribution in [0.15, 0.2) is 23.6 Å². The van der Waals surface area contributed by atoms with E-state index in [1.54, 1.807) is 4.52 Å². The molecule has 0 aliphatic heterocycles. The second-order valence-electron chi connectivity index (χ2n) is 5.72. The van der Waals surface area contributed by atoms with E-state index in [4.69, 9.17) is 0 Å². The average molecular weight is 328 g/mol. The molecule has 3 aromatic rings. The Bertz CT molecular complexity index is 850. The molecule has 0 radical (unpaired) electrons. The summed E-state index contributed by atoms with van der Waals surface area (Å²) in [5.74, 6) is 0.349. The predicted molar refractivity (Wildman–Crippen MR) is 93.9 cm³/mol. The van der Waals surface area contributed by atoms with Gasteiger partial charge in [-0.15, -0.1) is 16.4 Å². The molecule has 2 aromatic heterocycles. The van der Waals surface area contributed by atoms with Gasteiger partial charge in [-0.3, -0.25) is 10.1 Å². The maximum atomic E-state index is 11.8. The number of nitrogens with zero attached hydrogens (tertiary/aromatic N) is 3. The van der Waals surface area contributed by atoms with Crippen molar-refractivity contribution in [3.63, 3.8) is 0 Å². The van der Waals surface area contributed by atoms with E-state index >= 15 is 0 Å². The van der Waals surface area contributed by atoms with E-state index in [0.717, 1.165) is 29.1 Å². The first-order chi connectivity index (χ1) is 11.1. The lowest BCUT2D eigenvalue weighted by Gasteiger charge is -2.05. The number of anilines is 1. The van der Waals surface area contributed by atoms with Gasteiger partial charge in [0.05, 0.1) is 5.69 Å². The normalized spacial score (nSPS) is 11.1. The second kappa shape index (κ2) is 6.50. The third-order valence-corrected chi connectivity index (χ3v) is 4.56. The third-order valence-electron chi connectivity index (χ3n) is 3.75. The molecule has 0 saturated carbocycles. The Morgan fingerprint density at radius 3 is 2.91 bits per heavy atom. The number of hydrogen-bond donors (Lipinski definition) is 1. The summed E-state index contributed by atoms with van der Waals surface area (Å²) in [6, 6.07) is 6.35. The molecule has 0 aliphatic rings. The van der Waals surface area contributed by atoms with Crippen LogP contribution in [0, 0.1) is 13.8 Å². The zero-order chi connectivity index (χ0) is 16.4. The molecule has 3 rings (SSSR count). The van der Waals surface area contributed by atoms with Crippen LogP contribution in [-0.2, 0) is 4.79 Å². The van der Waals surface area contributed by atoms with E-state index in [9.17, 15) is 4.79 Å². The molecular weight excluding hydrogens is 308 g/mol. The van der Waals surface area contributed by atoms with Gasteiger partial charge in [-0.1, -0.05) is 37.1 Å². The van der Waals surface area contributed by atoms with E-state index in [1.807, 2.05) is 0 Å². The van der Waals surface area contributed by atoms with Crippen LogP contribution in [0.3, 0.4) is 0 Å². The lowest BCUT2D eigenvalue weighted by atomic mass is 10.0. The summed E-state index contributed by atoms with van der Waals surface area (Å²) >= 11 is 1.53. The van der Waals surface area contributed by atoms with Crippen LogP contribution in [0.25, 0.3) is 16.2 Å². The van der Waals surface area contributed by atoms with Gasteiger partial charge in [-0.25, -0.2) is 4.52 Å². The highest BCUT2D eigenvalue weighted by Crippen LogP contribution is 2.28. The van der Waals surface area contributed by atoms with Gasteiger partial charge in [0.15, 0.2) is 0 Å². The summed E-state index contributed by atoms with van der Waals surface area (Å²) in [5, 5.41) is 9.28. The van der Waals surface area contributed by atoms with Gasteiger partial charge in [0.25, 0.3) is 0 Å². The van der Waals surface area contributed by atoms with Crippen molar-refractivity contribution in [2.24, 2.45) is 0 Å². The minimum atomic E-state index is -0.0295. The Morgan fingerprint density at radius 1 is 1.35 bits per heavy atom. The zero-order valence-electron chi connectivity index (χ0n) is 13.6. The fourth-order valence-electron chi connectivity index (χ4n) is 2.55. The molecule has 0 spiro atoms. The molecule has 1 amide bonds. The predicted octanol–water partition coefficient (Wildman–Crippen LogP) is 4.20. The molecule has 2 heterocycles. The van der Waals surface area contributed by atoms with Crippen molar-refractivity contribution in [3.05, 3.63) is 34.7 Å². The van der Waals surface area contributed by atoms with Crippen molar-refractivity contribution in [1.29, 1.82) is 0 Å². The summed E-state index contributed by atoms with van der Waals surface area (Å²) in [6.07, 6.45) is 2.38. The van der Waals surface area contributed by atoms with Gasteiger partial charge in [-0.05, 0) is 25.8 Å². The highest BCUT2D eigenvalue weighted by Gasteiger charge is 2.14. The van der Waals surface area contributed by atoms with Crippen molar-refractivity contribution in [1.82, 2.24) is 14.6 Å². The van der Waals surface area contributed by atoms with Crippen molar-refractivity contribution in [2.45, 2.75) is 40.0 Å². The monoisotopic (exact) mass is 328 g/mol. The Kier molecular flexibility index (Phi) is 4.43. The van der Waals surface area contributed by atoms with Crippen LogP contribution in [-0.4, -0.2) is 20.5 Å². The first kappa shape index (κ1) is 15.7.